The minimum Gasteiger partial charge on any atom is -0.462 e. The largest absolute Gasteiger partial charge is 0.462 e. The maximum atomic E-state index is 11.5. The van der Waals surface area contributed by atoms with Gasteiger partial charge in [-0.05, 0) is 32.9 Å². The van der Waals surface area contributed by atoms with Crippen molar-refractivity contribution >= 4 is 11.9 Å². The van der Waals surface area contributed by atoms with Crippen molar-refractivity contribution in [2.45, 2.75) is 20.8 Å². The van der Waals surface area contributed by atoms with E-state index in [0.29, 0.717) is 0 Å². The Labute approximate surface area is 137 Å². The Morgan fingerprint density at radius 3 is 1.43 bits per heavy atom. The molecule has 0 aliphatic rings. The minimum absolute atomic E-state index is 0.239. The Morgan fingerprint density at radius 1 is 0.739 bits per heavy atom. The fourth-order valence-electron chi connectivity index (χ4n) is 1.79. The molecule has 0 aliphatic heterocycles. The van der Waals surface area contributed by atoms with Gasteiger partial charge in [0.1, 0.15) is 0 Å². The maximum Gasteiger partial charge on any atom is 0.338 e. The zero-order valence-corrected chi connectivity index (χ0v) is 13.7. The van der Waals surface area contributed by atoms with Crippen molar-refractivity contribution in [3.63, 3.8) is 0 Å². The molecule has 4 nitrogen and oxygen atoms in total. The van der Waals surface area contributed by atoms with Crippen LogP contribution in [0.1, 0.15) is 40.1 Å². The van der Waals surface area contributed by atoms with Crippen LogP contribution in [-0.2, 0) is 9.47 Å². The first-order chi connectivity index (χ1) is 11.1. The number of aryl methyl sites for hydroxylation is 1. The van der Waals surface area contributed by atoms with Crippen molar-refractivity contribution in [2.75, 3.05) is 13.2 Å². The summed E-state index contributed by atoms with van der Waals surface area (Å²) in [6, 6.07) is 16.7. The summed E-state index contributed by atoms with van der Waals surface area (Å²) < 4.78 is 9.70. The summed E-state index contributed by atoms with van der Waals surface area (Å²) in [6.07, 6.45) is 0. The SMILES string of the molecule is CCOC(=O)c1ccccc1C(=O)OCC.Cc1ccccc1. The molecule has 4 heteroatoms. The predicted molar refractivity (Wildman–Crippen MR) is 89.5 cm³/mol. The molecular weight excluding hydrogens is 292 g/mol. The summed E-state index contributed by atoms with van der Waals surface area (Å²) in [4.78, 5) is 23.1. The second kappa shape index (κ2) is 10.2. The molecule has 0 fully saturated rings. The molecule has 0 N–H and O–H groups in total. The van der Waals surface area contributed by atoms with E-state index < -0.39 is 11.9 Å². The number of hydrogen-bond acceptors (Lipinski definition) is 4. The van der Waals surface area contributed by atoms with Crippen molar-refractivity contribution in [1.82, 2.24) is 0 Å². The highest BCUT2D eigenvalue weighted by Gasteiger charge is 2.17. The first kappa shape index (κ1) is 18.4. The smallest absolute Gasteiger partial charge is 0.338 e. The molecule has 0 radical (unpaired) electrons. The van der Waals surface area contributed by atoms with Gasteiger partial charge in [0.05, 0.1) is 24.3 Å². The minimum atomic E-state index is -0.508. The lowest BCUT2D eigenvalue weighted by molar-refractivity contribution is 0.0479. The van der Waals surface area contributed by atoms with E-state index in [-0.39, 0.29) is 24.3 Å². The molecule has 0 unspecified atom stereocenters. The highest BCUT2D eigenvalue weighted by atomic mass is 16.5. The third-order valence-corrected chi connectivity index (χ3v) is 2.86. The highest BCUT2D eigenvalue weighted by Crippen LogP contribution is 2.11. The molecule has 2 rings (SSSR count). The van der Waals surface area contributed by atoms with Crippen LogP contribution >= 0.6 is 0 Å². The summed E-state index contributed by atoms with van der Waals surface area (Å²) in [5, 5.41) is 0. The second-order valence-electron chi connectivity index (χ2n) is 4.64. The van der Waals surface area contributed by atoms with E-state index in [1.165, 1.54) is 5.56 Å². The van der Waals surface area contributed by atoms with E-state index in [9.17, 15) is 9.59 Å². The molecule has 0 saturated carbocycles. The number of rotatable bonds is 4. The molecule has 0 saturated heterocycles. The number of hydrogen-bond donors (Lipinski definition) is 0. The molecule has 0 spiro atoms. The van der Waals surface area contributed by atoms with E-state index in [4.69, 9.17) is 9.47 Å². The zero-order valence-electron chi connectivity index (χ0n) is 13.7. The van der Waals surface area contributed by atoms with Crippen LogP contribution in [0.5, 0.6) is 0 Å². The lowest BCUT2D eigenvalue weighted by Gasteiger charge is -2.07. The van der Waals surface area contributed by atoms with Gasteiger partial charge >= 0.3 is 11.9 Å². The monoisotopic (exact) mass is 314 g/mol. The van der Waals surface area contributed by atoms with Crippen molar-refractivity contribution in [3.8, 4) is 0 Å². The van der Waals surface area contributed by atoms with Gasteiger partial charge in [-0.25, -0.2) is 9.59 Å². The van der Waals surface area contributed by atoms with E-state index >= 15 is 0 Å². The second-order valence-corrected chi connectivity index (χ2v) is 4.64. The van der Waals surface area contributed by atoms with Crippen molar-refractivity contribution < 1.29 is 19.1 Å². The van der Waals surface area contributed by atoms with Gasteiger partial charge < -0.3 is 9.47 Å². The Morgan fingerprint density at radius 2 is 1.13 bits per heavy atom. The summed E-state index contributed by atoms with van der Waals surface area (Å²) in [5.74, 6) is -1.02. The number of ether oxygens (including phenoxy) is 2. The number of esters is 2. The van der Waals surface area contributed by atoms with Gasteiger partial charge in [-0.2, -0.15) is 0 Å². The average molecular weight is 314 g/mol. The lowest BCUT2D eigenvalue weighted by atomic mass is 10.1. The summed E-state index contributed by atoms with van der Waals surface area (Å²) in [5.41, 5.74) is 1.80. The molecule has 0 bridgehead atoms. The topological polar surface area (TPSA) is 52.6 Å². The molecule has 0 atom stereocenters. The molecule has 0 amide bonds. The quantitative estimate of drug-likeness (QED) is 0.799. The number of carbonyl (C=O) groups excluding carboxylic acids is 2. The van der Waals surface area contributed by atoms with Crippen molar-refractivity contribution in [1.29, 1.82) is 0 Å². The molecule has 23 heavy (non-hydrogen) atoms. The third-order valence-electron chi connectivity index (χ3n) is 2.86. The van der Waals surface area contributed by atoms with Crippen LogP contribution in [-0.4, -0.2) is 25.2 Å². The van der Waals surface area contributed by atoms with Crippen LogP contribution in [0.4, 0.5) is 0 Å². The molecule has 2 aromatic carbocycles. The Bertz CT molecular complexity index is 583. The van der Waals surface area contributed by atoms with E-state index in [1.807, 2.05) is 18.2 Å². The molecule has 0 aliphatic carbocycles. The lowest BCUT2D eigenvalue weighted by Crippen LogP contribution is -2.13. The van der Waals surface area contributed by atoms with Crippen LogP contribution in [0, 0.1) is 6.92 Å². The summed E-state index contributed by atoms with van der Waals surface area (Å²) in [7, 11) is 0. The Balaban J connectivity index is 0.000000313. The molecule has 0 aromatic heterocycles. The molecule has 2 aromatic rings. The normalized spacial score (nSPS) is 9.35. The molecule has 122 valence electrons. The Hall–Kier alpha value is -2.62. The van der Waals surface area contributed by atoms with Crippen LogP contribution in [0.2, 0.25) is 0 Å². The van der Waals surface area contributed by atoms with Gasteiger partial charge in [0, 0.05) is 0 Å². The first-order valence-electron chi connectivity index (χ1n) is 7.55. The maximum absolute atomic E-state index is 11.5. The van der Waals surface area contributed by atoms with Gasteiger partial charge in [-0.3, -0.25) is 0 Å². The highest BCUT2D eigenvalue weighted by molar-refractivity contribution is 6.03. The third kappa shape index (κ3) is 6.34. The van der Waals surface area contributed by atoms with E-state index in [0.717, 1.165) is 0 Å². The van der Waals surface area contributed by atoms with Gasteiger partial charge in [-0.15, -0.1) is 0 Å². The summed E-state index contributed by atoms with van der Waals surface area (Å²) >= 11 is 0. The van der Waals surface area contributed by atoms with Crippen LogP contribution in [0.15, 0.2) is 54.6 Å². The number of benzene rings is 2. The van der Waals surface area contributed by atoms with Gasteiger partial charge in [-0.1, -0.05) is 48.0 Å². The van der Waals surface area contributed by atoms with E-state index in [2.05, 4.69) is 19.1 Å². The van der Waals surface area contributed by atoms with Crippen LogP contribution in [0.3, 0.4) is 0 Å². The predicted octanol–water partition coefficient (Wildman–Crippen LogP) is 4.04. The van der Waals surface area contributed by atoms with Crippen LogP contribution in [0.25, 0.3) is 0 Å². The average Bonchev–Trinajstić information content (AvgIpc) is 2.56. The molecule has 0 heterocycles. The molecular formula is C19H22O4. The zero-order chi connectivity index (χ0) is 17.1. The summed E-state index contributed by atoms with van der Waals surface area (Å²) in [6.45, 7) is 6.06. The van der Waals surface area contributed by atoms with E-state index in [1.54, 1.807) is 38.1 Å². The van der Waals surface area contributed by atoms with Gasteiger partial charge in [0.25, 0.3) is 0 Å². The first-order valence-corrected chi connectivity index (χ1v) is 7.55. The van der Waals surface area contributed by atoms with Gasteiger partial charge in [0.2, 0.25) is 0 Å². The number of carbonyl (C=O) groups is 2. The van der Waals surface area contributed by atoms with Gasteiger partial charge in [0.15, 0.2) is 0 Å². The van der Waals surface area contributed by atoms with Crippen LogP contribution < -0.4 is 0 Å². The van der Waals surface area contributed by atoms with Crippen molar-refractivity contribution in [3.05, 3.63) is 71.3 Å². The van der Waals surface area contributed by atoms with Crippen molar-refractivity contribution in [2.24, 2.45) is 0 Å². The fraction of sp³-hybridized carbons (Fsp3) is 0.263. The standard InChI is InChI=1S/C12H14O4.C7H8/c1-3-15-11(13)9-7-5-6-8-10(9)12(14)16-4-2;1-7-5-3-2-4-6-7/h5-8H,3-4H2,1-2H3;2-6H,1H3. The fourth-order valence-corrected chi connectivity index (χ4v) is 1.79. The Kier molecular flexibility index (Phi) is 8.14.